The minimum Gasteiger partial charge on any atom is -0.377 e. The molecule has 5 heteroatoms. The Balaban J connectivity index is 2.38. The SMILES string of the molecule is CO[C@]12OCCC[C@H]1[C@](O)(C#C[Si](C)(C)C)CC2=O. The summed E-state index contributed by atoms with van der Waals surface area (Å²) in [6.07, 6.45) is 1.53. The van der Waals surface area contributed by atoms with E-state index in [9.17, 15) is 9.90 Å². The van der Waals surface area contributed by atoms with Crippen LogP contribution in [0.25, 0.3) is 0 Å². The molecule has 2 fully saturated rings. The van der Waals surface area contributed by atoms with Gasteiger partial charge in [-0.3, -0.25) is 4.79 Å². The van der Waals surface area contributed by atoms with Crippen LogP contribution in [0.5, 0.6) is 0 Å². The second-order valence-corrected chi connectivity index (χ2v) is 11.2. The molecule has 106 valence electrons. The van der Waals surface area contributed by atoms with E-state index < -0.39 is 19.5 Å². The molecule has 1 aliphatic heterocycles. The van der Waals surface area contributed by atoms with E-state index in [1.165, 1.54) is 7.11 Å². The molecule has 3 atom stereocenters. The lowest BCUT2D eigenvalue weighted by molar-refractivity contribution is -0.258. The van der Waals surface area contributed by atoms with E-state index >= 15 is 0 Å². The van der Waals surface area contributed by atoms with Crippen molar-refractivity contribution in [2.45, 2.75) is 50.3 Å². The summed E-state index contributed by atoms with van der Waals surface area (Å²) in [6, 6.07) is 0. The number of rotatable bonds is 1. The maximum atomic E-state index is 12.2. The van der Waals surface area contributed by atoms with Crippen molar-refractivity contribution in [3.8, 4) is 11.5 Å². The molecule has 1 saturated heterocycles. The highest BCUT2D eigenvalue weighted by atomic mass is 28.3. The standard InChI is InChI=1S/C14H22O4Si/c1-17-14-11(6-5-8-18-14)13(16,10-12(14)15)7-9-19(2,3)4/h11,16H,5-6,8,10H2,1-4H3/t11-,13-,14-/m0/s1. The van der Waals surface area contributed by atoms with Gasteiger partial charge in [0.15, 0.2) is 5.78 Å². The van der Waals surface area contributed by atoms with Crippen LogP contribution in [0.15, 0.2) is 0 Å². The quantitative estimate of drug-likeness (QED) is 0.582. The molecule has 0 aromatic carbocycles. The molecule has 0 spiro atoms. The summed E-state index contributed by atoms with van der Waals surface area (Å²) in [4.78, 5) is 12.2. The van der Waals surface area contributed by atoms with E-state index in [4.69, 9.17) is 9.47 Å². The summed E-state index contributed by atoms with van der Waals surface area (Å²) < 4.78 is 10.9. The van der Waals surface area contributed by atoms with Crippen molar-refractivity contribution in [3.05, 3.63) is 0 Å². The molecule has 4 nitrogen and oxygen atoms in total. The number of carbonyl (C=O) groups is 1. The van der Waals surface area contributed by atoms with Crippen LogP contribution in [0.3, 0.4) is 0 Å². The van der Waals surface area contributed by atoms with Crippen molar-refractivity contribution >= 4 is 13.9 Å². The van der Waals surface area contributed by atoms with Gasteiger partial charge in [-0.05, 0) is 12.8 Å². The molecule has 2 rings (SSSR count). The lowest BCUT2D eigenvalue weighted by atomic mass is 9.83. The molecule has 0 unspecified atom stereocenters. The Morgan fingerprint density at radius 3 is 2.74 bits per heavy atom. The monoisotopic (exact) mass is 282 g/mol. The molecule has 1 aliphatic carbocycles. The number of ether oxygens (including phenoxy) is 2. The van der Waals surface area contributed by atoms with Crippen LogP contribution >= 0.6 is 0 Å². The van der Waals surface area contributed by atoms with Crippen LogP contribution in [0.1, 0.15) is 19.3 Å². The number of methoxy groups -OCH3 is 1. The van der Waals surface area contributed by atoms with Crippen molar-refractivity contribution < 1.29 is 19.4 Å². The second kappa shape index (κ2) is 4.71. The highest BCUT2D eigenvalue weighted by molar-refractivity contribution is 6.83. The number of ketones is 1. The highest BCUT2D eigenvalue weighted by Gasteiger charge is 2.64. The molecular weight excluding hydrogens is 260 g/mol. The zero-order valence-corrected chi connectivity index (χ0v) is 13.1. The normalized spacial score (nSPS) is 38.6. The molecule has 0 bridgehead atoms. The molecule has 0 aromatic rings. The number of carbonyl (C=O) groups excluding carboxylic acids is 1. The fourth-order valence-corrected chi connectivity index (χ4v) is 3.45. The minimum atomic E-state index is -1.60. The topological polar surface area (TPSA) is 55.8 Å². The largest absolute Gasteiger partial charge is 0.377 e. The number of fused-ring (bicyclic) bond motifs is 1. The molecule has 2 aliphatic rings. The lowest BCUT2D eigenvalue weighted by Crippen LogP contribution is -2.52. The van der Waals surface area contributed by atoms with Crippen LogP contribution < -0.4 is 0 Å². The van der Waals surface area contributed by atoms with Crippen LogP contribution in [-0.4, -0.2) is 44.1 Å². The second-order valence-electron chi connectivity index (χ2n) is 6.44. The Kier molecular flexibility index (Phi) is 3.65. The molecule has 19 heavy (non-hydrogen) atoms. The van der Waals surface area contributed by atoms with Gasteiger partial charge in [0.05, 0.1) is 18.9 Å². The van der Waals surface area contributed by atoms with Crippen LogP contribution in [0.4, 0.5) is 0 Å². The predicted octanol–water partition coefficient (Wildman–Crippen LogP) is 1.34. The Labute approximate surface area is 115 Å². The van der Waals surface area contributed by atoms with Crippen molar-refractivity contribution in [1.82, 2.24) is 0 Å². The first-order chi connectivity index (χ1) is 8.73. The van der Waals surface area contributed by atoms with Gasteiger partial charge in [0.1, 0.15) is 13.7 Å². The smallest absolute Gasteiger partial charge is 0.235 e. The third kappa shape index (κ3) is 2.50. The Morgan fingerprint density at radius 1 is 1.47 bits per heavy atom. The summed E-state index contributed by atoms with van der Waals surface area (Å²) >= 11 is 0. The number of hydrogen-bond donors (Lipinski definition) is 1. The third-order valence-electron chi connectivity index (χ3n) is 3.76. The average Bonchev–Trinajstić information content (AvgIpc) is 2.57. The molecule has 1 N–H and O–H groups in total. The zero-order valence-electron chi connectivity index (χ0n) is 12.1. The predicted molar refractivity (Wildman–Crippen MR) is 74.1 cm³/mol. The summed E-state index contributed by atoms with van der Waals surface area (Å²) in [7, 11) is -0.133. The third-order valence-corrected chi connectivity index (χ3v) is 4.64. The first-order valence-electron chi connectivity index (χ1n) is 6.73. The van der Waals surface area contributed by atoms with Gasteiger partial charge in [-0.2, -0.15) is 0 Å². The van der Waals surface area contributed by atoms with E-state index in [0.29, 0.717) is 13.0 Å². The summed E-state index contributed by atoms with van der Waals surface area (Å²) in [5.41, 5.74) is 1.88. The number of Topliss-reactive ketones (excluding diaryl/α,β-unsaturated/α-hetero) is 1. The van der Waals surface area contributed by atoms with Crippen molar-refractivity contribution in [3.63, 3.8) is 0 Å². The fourth-order valence-electron chi connectivity index (χ4n) is 2.86. The minimum absolute atomic E-state index is 0.00296. The fraction of sp³-hybridized carbons (Fsp3) is 0.786. The molecule has 0 amide bonds. The molecule has 1 heterocycles. The maximum Gasteiger partial charge on any atom is 0.235 e. The summed E-state index contributed by atoms with van der Waals surface area (Å²) in [6.45, 7) is 6.83. The van der Waals surface area contributed by atoms with Crippen LogP contribution in [-0.2, 0) is 14.3 Å². The van der Waals surface area contributed by atoms with Crippen molar-refractivity contribution in [2.24, 2.45) is 5.92 Å². The van der Waals surface area contributed by atoms with Gasteiger partial charge in [-0.25, -0.2) is 0 Å². The van der Waals surface area contributed by atoms with E-state index in [2.05, 4.69) is 31.1 Å². The van der Waals surface area contributed by atoms with E-state index in [1.54, 1.807) is 0 Å². The van der Waals surface area contributed by atoms with Gasteiger partial charge in [0.25, 0.3) is 0 Å². The zero-order chi connectivity index (χ0) is 14.3. The van der Waals surface area contributed by atoms with Gasteiger partial charge in [0.2, 0.25) is 5.79 Å². The van der Waals surface area contributed by atoms with Crippen molar-refractivity contribution in [2.75, 3.05) is 13.7 Å². The van der Waals surface area contributed by atoms with Gasteiger partial charge in [0, 0.05) is 7.11 Å². The van der Waals surface area contributed by atoms with Crippen LogP contribution in [0.2, 0.25) is 19.6 Å². The van der Waals surface area contributed by atoms with Crippen LogP contribution in [0, 0.1) is 17.4 Å². The number of aliphatic hydroxyl groups is 1. The number of hydrogen-bond acceptors (Lipinski definition) is 4. The Bertz CT molecular complexity index is 445. The lowest BCUT2D eigenvalue weighted by Gasteiger charge is -2.39. The molecule has 0 radical (unpaired) electrons. The molecule has 1 saturated carbocycles. The molecular formula is C14H22O4Si. The van der Waals surface area contributed by atoms with Crippen molar-refractivity contribution in [1.29, 1.82) is 0 Å². The Hall–Kier alpha value is -0.673. The summed E-state index contributed by atoms with van der Waals surface area (Å²) in [5.74, 6) is 1.13. The van der Waals surface area contributed by atoms with Gasteiger partial charge >= 0.3 is 0 Å². The first kappa shape index (κ1) is 14.7. The molecule has 0 aromatic heterocycles. The van der Waals surface area contributed by atoms with E-state index in [1.807, 2.05) is 0 Å². The van der Waals surface area contributed by atoms with Gasteiger partial charge in [-0.15, -0.1) is 5.54 Å². The van der Waals surface area contributed by atoms with E-state index in [0.717, 1.165) is 6.42 Å². The van der Waals surface area contributed by atoms with E-state index in [-0.39, 0.29) is 18.1 Å². The summed E-state index contributed by atoms with van der Waals surface area (Å²) in [5, 5.41) is 10.8. The van der Waals surface area contributed by atoms with Gasteiger partial charge < -0.3 is 14.6 Å². The Morgan fingerprint density at radius 2 is 2.16 bits per heavy atom. The highest BCUT2D eigenvalue weighted by Crippen LogP contribution is 2.48. The average molecular weight is 282 g/mol. The first-order valence-corrected chi connectivity index (χ1v) is 10.2. The maximum absolute atomic E-state index is 12.2. The van der Waals surface area contributed by atoms with Gasteiger partial charge in [-0.1, -0.05) is 25.6 Å².